The Kier molecular flexibility index (Phi) is 2.87. The highest BCUT2D eigenvalue weighted by atomic mass is 16.3. The van der Waals surface area contributed by atoms with Crippen LogP contribution in [0.5, 0.6) is 0 Å². The molecule has 0 aliphatic heterocycles. The van der Waals surface area contributed by atoms with Crippen molar-refractivity contribution < 1.29 is 9.52 Å². The van der Waals surface area contributed by atoms with Gasteiger partial charge >= 0.3 is 0 Å². The van der Waals surface area contributed by atoms with Crippen molar-refractivity contribution in [2.75, 3.05) is 0 Å². The summed E-state index contributed by atoms with van der Waals surface area (Å²) in [5, 5.41) is 14.1. The maximum atomic E-state index is 9.95. The van der Waals surface area contributed by atoms with E-state index in [1.165, 1.54) is 0 Å². The quantitative estimate of drug-likeness (QED) is 0.832. The minimum Gasteiger partial charge on any atom is -0.472 e. The van der Waals surface area contributed by atoms with Crippen molar-refractivity contribution in [2.24, 2.45) is 0 Å². The van der Waals surface area contributed by atoms with E-state index >= 15 is 0 Å². The summed E-state index contributed by atoms with van der Waals surface area (Å²) in [6, 6.07) is 1.75. The summed E-state index contributed by atoms with van der Waals surface area (Å²) in [4.78, 5) is 0. The predicted molar refractivity (Wildman–Crippen MR) is 55.3 cm³/mol. The van der Waals surface area contributed by atoms with Gasteiger partial charge in [0.05, 0.1) is 18.7 Å². The molecule has 0 aliphatic carbocycles. The molecule has 2 heterocycles. The molecule has 2 aromatic heterocycles. The molecule has 0 saturated carbocycles. The molecule has 2 aromatic rings. The van der Waals surface area contributed by atoms with Crippen LogP contribution in [0.4, 0.5) is 0 Å². The van der Waals surface area contributed by atoms with Crippen molar-refractivity contribution in [2.45, 2.75) is 26.0 Å². The summed E-state index contributed by atoms with van der Waals surface area (Å²) < 4.78 is 6.76. The summed E-state index contributed by atoms with van der Waals surface area (Å²) in [6.45, 7) is 2.96. The molecule has 0 fully saturated rings. The Hall–Kier alpha value is -1.55. The largest absolute Gasteiger partial charge is 0.472 e. The number of aromatic nitrogens is 2. The van der Waals surface area contributed by atoms with Crippen LogP contribution < -0.4 is 0 Å². The minimum absolute atomic E-state index is 0.644. The zero-order chi connectivity index (χ0) is 10.7. The molecular weight excluding hydrogens is 192 g/mol. The molecule has 4 nitrogen and oxygen atoms in total. The van der Waals surface area contributed by atoms with Gasteiger partial charge in [0, 0.05) is 23.9 Å². The van der Waals surface area contributed by atoms with Crippen LogP contribution in [0.3, 0.4) is 0 Å². The fourth-order valence-corrected chi connectivity index (χ4v) is 1.50. The van der Waals surface area contributed by atoms with Gasteiger partial charge < -0.3 is 9.52 Å². The van der Waals surface area contributed by atoms with Gasteiger partial charge in [-0.1, -0.05) is 6.92 Å². The van der Waals surface area contributed by atoms with Gasteiger partial charge in [-0.3, -0.25) is 4.68 Å². The van der Waals surface area contributed by atoms with E-state index in [1.807, 2.05) is 10.9 Å². The SMILES string of the molecule is CCCn1cc(C(O)c2ccoc2)cn1. The van der Waals surface area contributed by atoms with E-state index in [1.54, 1.807) is 24.8 Å². The monoisotopic (exact) mass is 206 g/mol. The summed E-state index contributed by atoms with van der Waals surface area (Å²) in [7, 11) is 0. The number of aliphatic hydroxyl groups excluding tert-OH is 1. The molecule has 0 amide bonds. The first-order valence-electron chi connectivity index (χ1n) is 5.03. The van der Waals surface area contributed by atoms with Crippen LogP contribution in [-0.2, 0) is 6.54 Å². The molecule has 0 aliphatic rings. The summed E-state index contributed by atoms with van der Waals surface area (Å²) in [6.07, 6.45) is 7.03. The van der Waals surface area contributed by atoms with Crippen LogP contribution in [0.15, 0.2) is 35.4 Å². The first-order valence-corrected chi connectivity index (χ1v) is 5.03. The summed E-state index contributed by atoms with van der Waals surface area (Å²) in [5.74, 6) is 0. The van der Waals surface area contributed by atoms with Gasteiger partial charge in [-0.25, -0.2) is 0 Å². The van der Waals surface area contributed by atoms with E-state index in [0.717, 1.165) is 24.1 Å². The number of rotatable bonds is 4. The molecule has 1 N–H and O–H groups in total. The molecule has 0 aromatic carbocycles. The zero-order valence-corrected chi connectivity index (χ0v) is 8.63. The van der Waals surface area contributed by atoms with Crippen LogP contribution in [0.2, 0.25) is 0 Å². The normalized spacial score (nSPS) is 12.9. The molecular formula is C11H14N2O2. The lowest BCUT2D eigenvalue weighted by atomic mass is 10.1. The van der Waals surface area contributed by atoms with Crippen LogP contribution in [0, 0.1) is 0 Å². The van der Waals surface area contributed by atoms with Crippen molar-refractivity contribution in [1.29, 1.82) is 0 Å². The second-order valence-electron chi connectivity index (χ2n) is 3.50. The lowest BCUT2D eigenvalue weighted by Gasteiger charge is -2.03. The molecule has 0 radical (unpaired) electrons. The average molecular weight is 206 g/mol. The molecule has 0 bridgehead atoms. The second kappa shape index (κ2) is 4.31. The highest BCUT2D eigenvalue weighted by Crippen LogP contribution is 2.21. The predicted octanol–water partition coefficient (Wildman–Crippen LogP) is 1.97. The maximum Gasteiger partial charge on any atom is 0.110 e. The summed E-state index contributed by atoms with van der Waals surface area (Å²) >= 11 is 0. The zero-order valence-electron chi connectivity index (χ0n) is 8.63. The highest BCUT2D eigenvalue weighted by Gasteiger charge is 2.13. The van der Waals surface area contributed by atoms with E-state index < -0.39 is 6.10 Å². The van der Waals surface area contributed by atoms with E-state index in [0.29, 0.717) is 0 Å². The van der Waals surface area contributed by atoms with Gasteiger partial charge in [0.25, 0.3) is 0 Å². The third-order valence-corrected chi connectivity index (χ3v) is 2.28. The highest BCUT2D eigenvalue weighted by molar-refractivity contribution is 5.23. The Morgan fingerprint density at radius 1 is 1.53 bits per heavy atom. The summed E-state index contributed by atoms with van der Waals surface area (Å²) in [5.41, 5.74) is 1.55. The third kappa shape index (κ3) is 2.10. The standard InChI is InChI=1S/C11H14N2O2/c1-2-4-13-7-10(6-12-13)11(14)9-3-5-15-8-9/h3,5-8,11,14H,2,4H2,1H3. The van der Waals surface area contributed by atoms with Gasteiger partial charge in [-0.15, -0.1) is 0 Å². The Morgan fingerprint density at radius 2 is 2.40 bits per heavy atom. The van der Waals surface area contributed by atoms with Crippen LogP contribution in [0.25, 0.3) is 0 Å². The van der Waals surface area contributed by atoms with Crippen molar-refractivity contribution >= 4 is 0 Å². The topological polar surface area (TPSA) is 51.2 Å². The van der Waals surface area contributed by atoms with Gasteiger partial charge in [-0.2, -0.15) is 5.10 Å². The minimum atomic E-state index is -0.644. The van der Waals surface area contributed by atoms with Crippen LogP contribution >= 0.6 is 0 Å². The Bertz CT molecular complexity index is 406. The van der Waals surface area contributed by atoms with Gasteiger partial charge in [0.1, 0.15) is 6.10 Å². The number of aryl methyl sites for hydroxylation is 1. The maximum absolute atomic E-state index is 9.95. The Morgan fingerprint density at radius 3 is 3.07 bits per heavy atom. The van der Waals surface area contributed by atoms with E-state index in [9.17, 15) is 5.11 Å². The fraction of sp³-hybridized carbons (Fsp3) is 0.364. The second-order valence-corrected chi connectivity index (χ2v) is 3.50. The smallest absolute Gasteiger partial charge is 0.110 e. The average Bonchev–Trinajstić information content (AvgIpc) is 2.87. The Balaban J connectivity index is 2.15. The molecule has 0 saturated heterocycles. The van der Waals surface area contributed by atoms with Crippen LogP contribution in [0.1, 0.15) is 30.6 Å². The van der Waals surface area contributed by atoms with E-state index in [-0.39, 0.29) is 0 Å². The van der Waals surface area contributed by atoms with Crippen molar-refractivity contribution in [1.82, 2.24) is 9.78 Å². The van der Waals surface area contributed by atoms with Crippen LogP contribution in [-0.4, -0.2) is 14.9 Å². The number of hydrogen-bond donors (Lipinski definition) is 1. The molecule has 80 valence electrons. The van der Waals surface area contributed by atoms with Crippen molar-refractivity contribution in [3.8, 4) is 0 Å². The third-order valence-electron chi connectivity index (χ3n) is 2.28. The van der Waals surface area contributed by atoms with Crippen molar-refractivity contribution in [3.05, 3.63) is 42.1 Å². The molecule has 2 rings (SSSR count). The van der Waals surface area contributed by atoms with Crippen molar-refractivity contribution in [3.63, 3.8) is 0 Å². The molecule has 4 heteroatoms. The Labute approximate surface area is 88.1 Å². The molecule has 1 atom stereocenters. The number of furan rings is 1. The molecule has 1 unspecified atom stereocenters. The van der Waals surface area contributed by atoms with Gasteiger partial charge in [0.2, 0.25) is 0 Å². The van der Waals surface area contributed by atoms with E-state index in [4.69, 9.17) is 4.42 Å². The number of aliphatic hydroxyl groups is 1. The lowest BCUT2D eigenvalue weighted by molar-refractivity contribution is 0.219. The van der Waals surface area contributed by atoms with E-state index in [2.05, 4.69) is 12.0 Å². The first-order chi connectivity index (χ1) is 7.31. The first kappa shape index (κ1) is 9.98. The number of nitrogens with zero attached hydrogens (tertiary/aromatic N) is 2. The molecule has 0 spiro atoms. The van der Waals surface area contributed by atoms with Gasteiger partial charge in [-0.05, 0) is 12.5 Å². The number of hydrogen-bond acceptors (Lipinski definition) is 3. The van der Waals surface area contributed by atoms with Gasteiger partial charge in [0.15, 0.2) is 0 Å². The lowest BCUT2D eigenvalue weighted by Crippen LogP contribution is -1.98. The molecule has 15 heavy (non-hydrogen) atoms. The fourth-order valence-electron chi connectivity index (χ4n) is 1.50.